The summed E-state index contributed by atoms with van der Waals surface area (Å²) in [5.74, 6) is 2.22. The van der Waals surface area contributed by atoms with Crippen molar-refractivity contribution in [2.75, 3.05) is 6.54 Å². The Balaban J connectivity index is 1.94. The summed E-state index contributed by atoms with van der Waals surface area (Å²) in [6.07, 6.45) is 11.5. The molecule has 0 saturated heterocycles. The zero-order valence-electron chi connectivity index (χ0n) is 11.8. The molecule has 1 N–H and O–H groups in total. The van der Waals surface area contributed by atoms with Crippen LogP contribution in [0, 0.1) is 5.92 Å². The number of hydrogen-bond donors (Lipinski definition) is 1. The summed E-state index contributed by atoms with van der Waals surface area (Å²) in [5, 5.41) is 3.45. The van der Waals surface area contributed by atoms with Crippen LogP contribution in [0.4, 0.5) is 0 Å². The van der Waals surface area contributed by atoms with Crippen LogP contribution in [0.2, 0.25) is 0 Å². The van der Waals surface area contributed by atoms with E-state index in [9.17, 15) is 0 Å². The Bertz CT molecular complexity index is 734. The molecule has 1 aliphatic carbocycles. The van der Waals surface area contributed by atoms with Crippen molar-refractivity contribution in [3.63, 3.8) is 0 Å². The van der Waals surface area contributed by atoms with Gasteiger partial charge in [0, 0.05) is 35.7 Å². The highest BCUT2D eigenvalue weighted by Gasteiger charge is 2.32. The molecule has 2 nitrogen and oxygen atoms in total. The van der Waals surface area contributed by atoms with E-state index in [0.717, 1.165) is 24.5 Å². The Hall–Kier alpha value is -2.48. The third kappa shape index (κ3) is 1.87. The summed E-state index contributed by atoms with van der Waals surface area (Å²) < 4.78 is 6.17. The second-order valence-electron chi connectivity index (χ2n) is 5.42. The molecule has 0 saturated carbocycles. The Morgan fingerprint density at radius 1 is 1.29 bits per heavy atom. The molecular formula is C19H17NO. The van der Waals surface area contributed by atoms with Gasteiger partial charge in [0.25, 0.3) is 0 Å². The minimum Gasteiger partial charge on any atom is -0.460 e. The molecule has 1 atom stereocenters. The van der Waals surface area contributed by atoms with E-state index in [4.69, 9.17) is 4.74 Å². The lowest BCUT2D eigenvalue weighted by Gasteiger charge is -2.34. The monoisotopic (exact) mass is 275 g/mol. The van der Waals surface area contributed by atoms with Gasteiger partial charge in [-0.1, -0.05) is 42.5 Å². The summed E-state index contributed by atoms with van der Waals surface area (Å²) in [7, 11) is 0. The quantitative estimate of drug-likeness (QED) is 0.825. The average Bonchev–Trinajstić information content (AvgIpc) is 2.54. The Morgan fingerprint density at radius 3 is 3.10 bits per heavy atom. The van der Waals surface area contributed by atoms with Crippen molar-refractivity contribution in [1.82, 2.24) is 5.32 Å². The fourth-order valence-electron chi connectivity index (χ4n) is 3.25. The fourth-order valence-corrected chi connectivity index (χ4v) is 3.25. The molecule has 0 radical (unpaired) electrons. The second-order valence-corrected chi connectivity index (χ2v) is 5.42. The minimum atomic E-state index is 0.266. The zero-order valence-corrected chi connectivity index (χ0v) is 11.8. The molecule has 104 valence electrons. The van der Waals surface area contributed by atoms with E-state index in [1.54, 1.807) is 0 Å². The SMILES string of the molecule is C=CCC1=C2C(=CC=C3NCC=CC32)c2ccccc2O1. The van der Waals surface area contributed by atoms with Crippen LogP contribution in [0.1, 0.15) is 12.0 Å². The van der Waals surface area contributed by atoms with E-state index in [0.29, 0.717) is 0 Å². The first-order valence-corrected chi connectivity index (χ1v) is 7.32. The fraction of sp³-hybridized carbons (Fsp3) is 0.158. The van der Waals surface area contributed by atoms with Crippen LogP contribution in [-0.4, -0.2) is 6.54 Å². The maximum absolute atomic E-state index is 6.17. The van der Waals surface area contributed by atoms with Gasteiger partial charge in [-0.3, -0.25) is 0 Å². The first-order valence-electron chi connectivity index (χ1n) is 7.32. The number of ether oxygens (including phenoxy) is 1. The molecule has 0 bridgehead atoms. The lowest BCUT2D eigenvalue weighted by atomic mass is 9.78. The van der Waals surface area contributed by atoms with Gasteiger partial charge in [-0.05, 0) is 17.7 Å². The van der Waals surface area contributed by atoms with Crippen molar-refractivity contribution >= 4 is 5.57 Å². The highest BCUT2D eigenvalue weighted by molar-refractivity contribution is 5.88. The minimum absolute atomic E-state index is 0.266. The van der Waals surface area contributed by atoms with Crippen LogP contribution in [0.3, 0.4) is 0 Å². The third-order valence-electron chi connectivity index (χ3n) is 4.16. The van der Waals surface area contributed by atoms with Crippen LogP contribution in [0.5, 0.6) is 5.75 Å². The average molecular weight is 275 g/mol. The van der Waals surface area contributed by atoms with Crippen LogP contribution in [0.25, 0.3) is 5.57 Å². The normalized spacial score (nSPS) is 22.0. The van der Waals surface area contributed by atoms with Crippen LogP contribution in [-0.2, 0) is 0 Å². The largest absolute Gasteiger partial charge is 0.460 e. The highest BCUT2D eigenvalue weighted by Crippen LogP contribution is 2.46. The van der Waals surface area contributed by atoms with Gasteiger partial charge in [-0.2, -0.15) is 0 Å². The lowest BCUT2D eigenvalue weighted by Crippen LogP contribution is -2.29. The number of rotatable bonds is 2. The molecule has 2 heterocycles. The molecule has 0 spiro atoms. The molecular weight excluding hydrogens is 258 g/mol. The van der Waals surface area contributed by atoms with E-state index in [1.807, 2.05) is 18.2 Å². The van der Waals surface area contributed by atoms with Crippen molar-refractivity contribution in [1.29, 1.82) is 0 Å². The van der Waals surface area contributed by atoms with E-state index < -0.39 is 0 Å². The van der Waals surface area contributed by atoms with Crippen molar-refractivity contribution in [2.24, 2.45) is 5.92 Å². The maximum atomic E-state index is 6.17. The highest BCUT2D eigenvalue weighted by atomic mass is 16.5. The van der Waals surface area contributed by atoms with E-state index in [1.165, 1.54) is 22.4 Å². The number of allylic oxidation sites excluding steroid dienone is 5. The molecule has 2 aliphatic heterocycles. The molecule has 1 aromatic rings. The van der Waals surface area contributed by atoms with Gasteiger partial charge >= 0.3 is 0 Å². The first kappa shape index (κ1) is 12.3. The molecule has 0 aromatic heterocycles. The molecule has 3 aliphatic rings. The molecule has 0 fully saturated rings. The molecule has 1 aromatic carbocycles. The van der Waals surface area contributed by atoms with Crippen molar-refractivity contribution in [2.45, 2.75) is 6.42 Å². The predicted molar refractivity (Wildman–Crippen MR) is 85.6 cm³/mol. The van der Waals surface area contributed by atoms with E-state index >= 15 is 0 Å². The summed E-state index contributed by atoms with van der Waals surface area (Å²) in [5.41, 5.74) is 4.97. The lowest BCUT2D eigenvalue weighted by molar-refractivity contribution is 0.398. The van der Waals surface area contributed by atoms with E-state index in [2.05, 4.69) is 48.3 Å². The van der Waals surface area contributed by atoms with Gasteiger partial charge in [0.1, 0.15) is 11.5 Å². The zero-order chi connectivity index (χ0) is 14.2. The number of para-hydroxylation sites is 1. The number of benzene rings is 1. The molecule has 0 amide bonds. The van der Waals surface area contributed by atoms with Crippen molar-refractivity contribution < 1.29 is 4.74 Å². The van der Waals surface area contributed by atoms with Crippen molar-refractivity contribution in [3.05, 3.63) is 83.8 Å². The van der Waals surface area contributed by atoms with Gasteiger partial charge < -0.3 is 10.1 Å². The Morgan fingerprint density at radius 2 is 2.19 bits per heavy atom. The van der Waals surface area contributed by atoms with Crippen LogP contribution < -0.4 is 10.1 Å². The van der Waals surface area contributed by atoms with Gasteiger partial charge in [0.05, 0.1) is 0 Å². The molecule has 2 heteroatoms. The van der Waals surface area contributed by atoms with Gasteiger partial charge in [-0.15, -0.1) is 6.58 Å². The summed E-state index contributed by atoms with van der Waals surface area (Å²) in [6, 6.07) is 8.24. The molecule has 1 unspecified atom stereocenters. The number of hydrogen-bond acceptors (Lipinski definition) is 2. The maximum Gasteiger partial charge on any atom is 0.134 e. The Labute approximate surface area is 124 Å². The second kappa shape index (κ2) is 4.81. The molecule has 21 heavy (non-hydrogen) atoms. The van der Waals surface area contributed by atoms with Gasteiger partial charge in [0.15, 0.2) is 0 Å². The number of fused-ring (bicyclic) bond motifs is 5. The van der Waals surface area contributed by atoms with Gasteiger partial charge in [-0.25, -0.2) is 0 Å². The number of nitrogens with one attached hydrogen (secondary N) is 1. The summed E-state index contributed by atoms with van der Waals surface area (Å²) in [4.78, 5) is 0. The topological polar surface area (TPSA) is 21.3 Å². The van der Waals surface area contributed by atoms with Gasteiger partial charge in [0.2, 0.25) is 0 Å². The third-order valence-corrected chi connectivity index (χ3v) is 4.16. The standard InChI is InChI=1S/C19H17NO/c1-2-6-18-19-14(13-7-3-4-9-17(13)21-18)10-11-16-15(19)8-5-12-20-16/h2-5,7-11,15,20H,1,6,12H2. The summed E-state index contributed by atoms with van der Waals surface area (Å²) in [6.45, 7) is 4.77. The van der Waals surface area contributed by atoms with Crippen LogP contribution >= 0.6 is 0 Å². The predicted octanol–water partition coefficient (Wildman–Crippen LogP) is 3.97. The summed E-state index contributed by atoms with van der Waals surface area (Å²) >= 11 is 0. The van der Waals surface area contributed by atoms with E-state index in [-0.39, 0.29) is 5.92 Å². The smallest absolute Gasteiger partial charge is 0.134 e. The first-order chi connectivity index (χ1) is 10.4. The van der Waals surface area contributed by atoms with Crippen LogP contribution in [0.15, 0.2) is 78.3 Å². The van der Waals surface area contributed by atoms with Crippen molar-refractivity contribution in [3.8, 4) is 5.75 Å². The molecule has 4 rings (SSSR count). The Kier molecular flexibility index (Phi) is 2.81.